The van der Waals surface area contributed by atoms with Crippen LogP contribution in [0.15, 0.2) is 18.5 Å². The number of carbonyl (C=O) groups is 1. The van der Waals surface area contributed by atoms with Gasteiger partial charge in [-0.25, -0.2) is 9.78 Å². The highest BCUT2D eigenvalue weighted by atomic mass is 16.4. The van der Waals surface area contributed by atoms with Crippen LogP contribution in [0.5, 0.6) is 0 Å². The Balaban J connectivity index is 2.58. The number of amides is 1. The van der Waals surface area contributed by atoms with Crippen LogP contribution in [0.2, 0.25) is 0 Å². The van der Waals surface area contributed by atoms with Gasteiger partial charge in [-0.1, -0.05) is 25.2 Å². The molecule has 0 aliphatic heterocycles. The van der Waals surface area contributed by atoms with Crippen LogP contribution in [0.3, 0.4) is 0 Å². The van der Waals surface area contributed by atoms with Crippen LogP contribution in [-0.2, 0) is 0 Å². The molecule has 0 saturated heterocycles. The number of imidazole rings is 1. The summed E-state index contributed by atoms with van der Waals surface area (Å²) in [5.74, 6) is 6.28. The highest BCUT2D eigenvalue weighted by Crippen LogP contribution is 2.24. The number of aryl methyl sites for hydroxylation is 1. The number of rotatable bonds is 4. The van der Waals surface area contributed by atoms with Crippen molar-refractivity contribution in [2.75, 3.05) is 11.4 Å². The molecule has 0 spiro atoms. The number of aromatic nitrogens is 2. The van der Waals surface area contributed by atoms with E-state index in [-0.39, 0.29) is 0 Å². The molecule has 0 aromatic carbocycles. The van der Waals surface area contributed by atoms with Crippen molar-refractivity contribution in [1.29, 1.82) is 0 Å². The van der Waals surface area contributed by atoms with Gasteiger partial charge >= 0.3 is 6.09 Å². The molecule has 2 rings (SSSR count). The lowest BCUT2D eigenvalue weighted by Crippen LogP contribution is -2.29. The summed E-state index contributed by atoms with van der Waals surface area (Å²) >= 11 is 0. The lowest BCUT2D eigenvalue weighted by Gasteiger charge is -2.19. The van der Waals surface area contributed by atoms with Crippen LogP contribution < -0.4 is 4.90 Å². The Bertz CT molecular complexity index is 737. The van der Waals surface area contributed by atoms with Gasteiger partial charge in [-0.05, 0) is 26.3 Å². The minimum absolute atomic E-state index is 0.370. The molecule has 0 bridgehead atoms. The van der Waals surface area contributed by atoms with Crippen molar-refractivity contribution < 1.29 is 9.90 Å². The Morgan fingerprint density at radius 1 is 1.45 bits per heavy atom. The molecule has 5 heteroatoms. The summed E-state index contributed by atoms with van der Waals surface area (Å²) < 4.78 is 1.89. The third-order valence-electron chi connectivity index (χ3n) is 3.43. The van der Waals surface area contributed by atoms with Gasteiger partial charge in [0, 0.05) is 25.4 Å². The van der Waals surface area contributed by atoms with Crippen molar-refractivity contribution in [3.8, 4) is 11.8 Å². The summed E-state index contributed by atoms with van der Waals surface area (Å²) in [6, 6.07) is 1.79. The van der Waals surface area contributed by atoms with Crippen LogP contribution in [0.25, 0.3) is 5.65 Å². The van der Waals surface area contributed by atoms with E-state index in [9.17, 15) is 9.90 Å². The minimum atomic E-state index is -0.980. The third-order valence-corrected chi connectivity index (χ3v) is 3.43. The lowest BCUT2D eigenvalue weighted by molar-refractivity contribution is 0.202. The number of fused-ring (bicyclic) bond motifs is 1. The van der Waals surface area contributed by atoms with E-state index in [0.717, 1.165) is 25.0 Å². The predicted octanol–water partition coefficient (Wildman–Crippen LogP) is 3.69. The molecule has 0 aliphatic rings. The summed E-state index contributed by atoms with van der Waals surface area (Å²) in [7, 11) is 0. The molecule has 0 atom stereocenters. The standard InChI is InChI=1S/C17H21N3O2/c1-4-6-7-8-9-14-15(20(5-2)17(21)22)10-11-19-12-13(3)18-16(14)19/h10-12H,4-7H2,1-3H3,(H,21,22). The molecule has 2 aromatic rings. The molecule has 116 valence electrons. The molecule has 0 saturated carbocycles. The molecule has 22 heavy (non-hydrogen) atoms. The zero-order chi connectivity index (χ0) is 16.1. The average Bonchev–Trinajstić information content (AvgIpc) is 2.85. The van der Waals surface area contributed by atoms with Crippen molar-refractivity contribution in [3.63, 3.8) is 0 Å². The molecule has 0 fully saturated rings. The molecular weight excluding hydrogens is 278 g/mol. The van der Waals surface area contributed by atoms with Crippen LogP contribution >= 0.6 is 0 Å². The smallest absolute Gasteiger partial charge is 0.411 e. The summed E-state index contributed by atoms with van der Waals surface area (Å²) in [6.07, 6.45) is 5.68. The monoisotopic (exact) mass is 299 g/mol. The van der Waals surface area contributed by atoms with Gasteiger partial charge in [-0.3, -0.25) is 4.90 Å². The SMILES string of the molecule is CCCCC#Cc1c(N(CC)C(=O)O)ccn2cc(C)nc12. The Hall–Kier alpha value is -2.48. The van der Waals surface area contributed by atoms with E-state index in [1.54, 1.807) is 6.07 Å². The molecule has 1 amide bonds. The number of hydrogen-bond acceptors (Lipinski definition) is 2. The van der Waals surface area contributed by atoms with Crippen molar-refractivity contribution in [1.82, 2.24) is 9.38 Å². The molecule has 2 aromatic heterocycles. The van der Waals surface area contributed by atoms with E-state index in [2.05, 4.69) is 23.7 Å². The fourth-order valence-corrected chi connectivity index (χ4v) is 2.33. The Morgan fingerprint density at radius 3 is 2.86 bits per heavy atom. The van der Waals surface area contributed by atoms with E-state index in [1.807, 2.05) is 30.6 Å². The largest absolute Gasteiger partial charge is 0.465 e. The fourth-order valence-electron chi connectivity index (χ4n) is 2.33. The van der Waals surface area contributed by atoms with Gasteiger partial charge in [0.15, 0.2) is 5.65 Å². The summed E-state index contributed by atoms with van der Waals surface area (Å²) in [5, 5.41) is 9.39. The van der Waals surface area contributed by atoms with Crippen molar-refractivity contribution in [3.05, 3.63) is 29.7 Å². The number of carboxylic acid groups (broad SMARTS) is 1. The van der Waals surface area contributed by atoms with Gasteiger partial charge in [0.25, 0.3) is 0 Å². The molecular formula is C17H21N3O2. The average molecular weight is 299 g/mol. The summed E-state index contributed by atoms with van der Waals surface area (Å²) in [4.78, 5) is 17.2. The number of unbranched alkanes of at least 4 members (excludes halogenated alkanes) is 2. The van der Waals surface area contributed by atoms with Gasteiger partial charge in [0.1, 0.15) is 0 Å². The van der Waals surface area contributed by atoms with Crippen molar-refractivity contribution in [2.24, 2.45) is 0 Å². The molecule has 0 radical (unpaired) electrons. The number of hydrogen-bond donors (Lipinski definition) is 1. The van der Waals surface area contributed by atoms with Crippen molar-refractivity contribution in [2.45, 2.75) is 40.0 Å². The Labute approximate surface area is 130 Å². The van der Waals surface area contributed by atoms with Gasteiger partial charge in [0.2, 0.25) is 0 Å². The quantitative estimate of drug-likeness (QED) is 0.692. The van der Waals surface area contributed by atoms with E-state index >= 15 is 0 Å². The number of pyridine rings is 1. The predicted molar refractivity (Wildman–Crippen MR) is 87.4 cm³/mol. The maximum atomic E-state index is 11.5. The van der Waals surface area contributed by atoms with E-state index in [1.165, 1.54) is 4.90 Å². The third kappa shape index (κ3) is 3.22. The highest BCUT2D eigenvalue weighted by Gasteiger charge is 2.18. The first-order chi connectivity index (χ1) is 10.6. The van der Waals surface area contributed by atoms with Crippen LogP contribution in [0.4, 0.5) is 10.5 Å². The second-order valence-corrected chi connectivity index (χ2v) is 5.12. The molecule has 2 heterocycles. The highest BCUT2D eigenvalue weighted by molar-refractivity contribution is 5.90. The normalized spacial score (nSPS) is 10.3. The zero-order valence-electron chi connectivity index (χ0n) is 13.3. The van der Waals surface area contributed by atoms with Crippen LogP contribution in [0, 0.1) is 18.8 Å². The molecule has 5 nitrogen and oxygen atoms in total. The lowest BCUT2D eigenvalue weighted by atomic mass is 10.2. The second kappa shape index (κ2) is 6.99. The first-order valence-electron chi connectivity index (χ1n) is 7.56. The zero-order valence-corrected chi connectivity index (χ0v) is 13.3. The summed E-state index contributed by atoms with van der Waals surface area (Å²) in [5.41, 5.74) is 2.86. The Kier molecular flexibility index (Phi) is 5.05. The van der Waals surface area contributed by atoms with Gasteiger partial charge in [0.05, 0.1) is 16.9 Å². The van der Waals surface area contributed by atoms with Crippen LogP contribution in [0.1, 0.15) is 44.4 Å². The maximum absolute atomic E-state index is 11.5. The van der Waals surface area contributed by atoms with Crippen molar-refractivity contribution >= 4 is 17.4 Å². The fraction of sp³-hybridized carbons (Fsp3) is 0.412. The van der Waals surface area contributed by atoms with E-state index in [4.69, 9.17) is 0 Å². The number of anilines is 1. The first kappa shape index (κ1) is 15.9. The van der Waals surface area contributed by atoms with E-state index < -0.39 is 6.09 Å². The molecule has 0 unspecified atom stereocenters. The first-order valence-corrected chi connectivity index (χ1v) is 7.56. The van der Waals surface area contributed by atoms with Gasteiger partial charge in [-0.15, -0.1) is 0 Å². The topological polar surface area (TPSA) is 57.8 Å². The van der Waals surface area contributed by atoms with Gasteiger partial charge in [-0.2, -0.15) is 0 Å². The molecule has 0 aliphatic carbocycles. The maximum Gasteiger partial charge on any atom is 0.411 e. The number of nitrogens with zero attached hydrogens (tertiary/aromatic N) is 3. The summed E-state index contributed by atoms with van der Waals surface area (Å²) in [6.45, 7) is 6.21. The second-order valence-electron chi connectivity index (χ2n) is 5.12. The van der Waals surface area contributed by atoms with Crippen LogP contribution in [-0.4, -0.2) is 27.1 Å². The molecule has 1 N–H and O–H groups in total. The minimum Gasteiger partial charge on any atom is -0.465 e. The Morgan fingerprint density at radius 2 is 2.23 bits per heavy atom. The van der Waals surface area contributed by atoms with E-state index in [0.29, 0.717) is 23.4 Å². The van der Waals surface area contributed by atoms with Gasteiger partial charge < -0.3 is 9.51 Å².